The lowest BCUT2D eigenvalue weighted by Gasteiger charge is -2.26. The summed E-state index contributed by atoms with van der Waals surface area (Å²) < 4.78 is 13.1. The molecule has 0 saturated heterocycles. The zero-order valence-corrected chi connectivity index (χ0v) is 25.7. The molecule has 1 aromatic carbocycles. The minimum absolute atomic E-state index is 0.00553. The lowest BCUT2D eigenvalue weighted by molar-refractivity contribution is 0.0234. The van der Waals surface area contributed by atoms with Crippen LogP contribution in [0.3, 0.4) is 0 Å². The number of carbonyl (C=O) groups excluding carboxylic acids is 2. The van der Waals surface area contributed by atoms with E-state index in [0.29, 0.717) is 37.0 Å². The average molecular weight is 587 g/mol. The molecule has 1 N–H and O–H groups in total. The Labute approximate surface area is 250 Å². The summed E-state index contributed by atoms with van der Waals surface area (Å²) in [6, 6.07) is 7.87. The first-order chi connectivity index (χ1) is 20.2. The van der Waals surface area contributed by atoms with Crippen molar-refractivity contribution in [2.24, 2.45) is 7.05 Å². The van der Waals surface area contributed by atoms with Crippen LogP contribution in [0.25, 0.3) is 11.3 Å². The molecule has 1 aliphatic rings. The predicted molar refractivity (Wildman–Crippen MR) is 160 cm³/mol. The van der Waals surface area contributed by atoms with Gasteiger partial charge in [-0.2, -0.15) is 5.10 Å². The van der Waals surface area contributed by atoms with Gasteiger partial charge in [-0.1, -0.05) is 32.9 Å². The number of aryl methyl sites for hydroxylation is 1. The fourth-order valence-electron chi connectivity index (χ4n) is 4.89. The molecule has 226 valence electrons. The molecule has 1 aliphatic heterocycles. The molecule has 12 nitrogen and oxygen atoms in total. The Kier molecular flexibility index (Phi) is 8.04. The van der Waals surface area contributed by atoms with E-state index in [9.17, 15) is 9.59 Å². The van der Waals surface area contributed by atoms with E-state index < -0.39 is 11.7 Å². The van der Waals surface area contributed by atoms with Crippen molar-refractivity contribution >= 4 is 23.5 Å². The van der Waals surface area contributed by atoms with Crippen LogP contribution >= 0.6 is 0 Å². The number of rotatable bonds is 6. The Morgan fingerprint density at radius 1 is 1.12 bits per heavy atom. The van der Waals surface area contributed by atoms with Crippen LogP contribution in [0.2, 0.25) is 0 Å². The number of carbonyl (C=O) groups is 2. The molecule has 4 heterocycles. The molecule has 5 rings (SSSR count). The van der Waals surface area contributed by atoms with Crippen molar-refractivity contribution in [2.45, 2.75) is 77.9 Å². The van der Waals surface area contributed by atoms with E-state index in [1.165, 1.54) is 0 Å². The third-order valence-corrected chi connectivity index (χ3v) is 6.99. The van der Waals surface area contributed by atoms with Crippen LogP contribution in [0, 0.1) is 0 Å². The van der Waals surface area contributed by atoms with E-state index in [-0.39, 0.29) is 29.4 Å². The van der Waals surface area contributed by atoms with E-state index in [0.717, 1.165) is 22.4 Å². The second-order valence-corrected chi connectivity index (χ2v) is 12.9. The minimum Gasteiger partial charge on any atom is -0.444 e. The van der Waals surface area contributed by atoms with Crippen LogP contribution in [0.4, 0.5) is 16.4 Å². The summed E-state index contributed by atoms with van der Waals surface area (Å²) in [7, 11) is 1.84. The van der Waals surface area contributed by atoms with Crippen LogP contribution in [0.1, 0.15) is 88.0 Å². The monoisotopic (exact) mass is 586 g/mol. The largest absolute Gasteiger partial charge is 0.444 e. The topological polar surface area (TPSA) is 141 Å². The second-order valence-electron chi connectivity index (χ2n) is 12.9. The van der Waals surface area contributed by atoms with Crippen molar-refractivity contribution < 1.29 is 18.7 Å². The quantitative estimate of drug-likeness (QED) is 0.276. The number of Topliss-reactive ketones (excluding diaryl/α,β-unsaturated/α-hetero) is 1. The zero-order valence-electron chi connectivity index (χ0n) is 25.7. The Bertz CT molecular complexity index is 1630. The number of nitrogens with one attached hydrogen (secondary N) is 1. The summed E-state index contributed by atoms with van der Waals surface area (Å²) in [5, 5.41) is 15.5. The maximum absolute atomic E-state index is 13.3. The van der Waals surface area contributed by atoms with Crippen molar-refractivity contribution in [1.82, 2.24) is 34.8 Å². The molecule has 0 spiro atoms. The number of benzene rings is 1. The molecule has 43 heavy (non-hydrogen) atoms. The van der Waals surface area contributed by atoms with Gasteiger partial charge in [0, 0.05) is 49.9 Å². The van der Waals surface area contributed by atoms with Gasteiger partial charge in [-0.05, 0) is 56.4 Å². The van der Waals surface area contributed by atoms with E-state index in [2.05, 4.69) is 25.6 Å². The number of ether oxygens (including phenoxy) is 1. The molecule has 12 heteroatoms. The highest BCUT2D eigenvalue weighted by atomic mass is 16.6. The molecular formula is C31H38N8O4. The van der Waals surface area contributed by atoms with Gasteiger partial charge >= 0.3 is 6.09 Å². The third kappa shape index (κ3) is 7.25. The van der Waals surface area contributed by atoms with Crippen LogP contribution in [0.15, 0.2) is 47.3 Å². The number of hydrogen-bond acceptors (Lipinski definition) is 10. The lowest BCUT2D eigenvalue weighted by Crippen LogP contribution is -2.36. The molecule has 0 aliphatic carbocycles. The molecule has 0 unspecified atom stereocenters. The first kappa shape index (κ1) is 29.9. The van der Waals surface area contributed by atoms with Crippen LogP contribution in [-0.2, 0) is 23.7 Å². The summed E-state index contributed by atoms with van der Waals surface area (Å²) in [5.41, 5.74) is 3.26. The van der Waals surface area contributed by atoms with Crippen LogP contribution < -0.4 is 5.32 Å². The van der Waals surface area contributed by atoms with E-state index in [1.54, 1.807) is 22.0 Å². The summed E-state index contributed by atoms with van der Waals surface area (Å²) in [6.07, 6.45) is 5.58. The number of nitrogens with zero attached hydrogens (tertiary/aromatic N) is 7. The molecule has 3 aromatic heterocycles. The van der Waals surface area contributed by atoms with Gasteiger partial charge in [0.1, 0.15) is 5.60 Å². The highest BCUT2D eigenvalue weighted by Gasteiger charge is 2.31. The summed E-state index contributed by atoms with van der Waals surface area (Å²) in [5.74, 6) is 0.470. The SMILES string of the molecule is Cn1cc(Nc2nccc(-c3ccc4c(c3)CN(C(=O)OC(C)(C)C)CC[C@H]4CC(=O)c3nnc(C(C)(C)C)o3)n2)cn1. The van der Waals surface area contributed by atoms with Crippen molar-refractivity contribution in [3.63, 3.8) is 0 Å². The molecule has 1 amide bonds. The van der Waals surface area contributed by atoms with Gasteiger partial charge in [-0.25, -0.2) is 14.8 Å². The van der Waals surface area contributed by atoms with Crippen molar-refractivity contribution in [3.8, 4) is 11.3 Å². The Hall–Kier alpha value is -4.61. The van der Waals surface area contributed by atoms with E-state index >= 15 is 0 Å². The van der Waals surface area contributed by atoms with Gasteiger partial charge in [0.2, 0.25) is 17.6 Å². The maximum Gasteiger partial charge on any atom is 0.410 e. The molecule has 0 bridgehead atoms. The summed E-state index contributed by atoms with van der Waals surface area (Å²) in [4.78, 5) is 37.2. The number of ketones is 1. The molecule has 1 atom stereocenters. The maximum atomic E-state index is 13.3. The highest BCUT2D eigenvalue weighted by molar-refractivity contribution is 5.92. The minimum atomic E-state index is -0.634. The standard InChI is InChI=1S/C31H38N8O4/c1-30(2,3)27-37-36-26(42-27)25(40)15-19-11-13-39(29(41)43-31(4,5)6)17-21-14-20(8-9-23(19)21)24-10-12-32-28(35-24)34-22-16-33-38(7)18-22/h8-10,12,14,16,18-19H,11,13,15,17H2,1-7H3,(H,32,34,35)/t19-/m0/s1. The van der Waals surface area contributed by atoms with Crippen molar-refractivity contribution in [3.05, 3.63) is 65.8 Å². The van der Waals surface area contributed by atoms with Crippen LogP contribution in [0.5, 0.6) is 0 Å². The van der Waals surface area contributed by atoms with Crippen molar-refractivity contribution in [1.29, 1.82) is 0 Å². The Morgan fingerprint density at radius 3 is 2.58 bits per heavy atom. The van der Waals surface area contributed by atoms with Gasteiger partial charge in [-0.3, -0.25) is 9.48 Å². The van der Waals surface area contributed by atoms with Gasteiger partial charge in [0.05, 0.1) is 17.6 Å². The first-order valence-electron chi connectivity index (χ1n) is 14.3. The van der Waals surface area contributed by atoms with Crippen molar-refractivity contribution in [2.75, 3.05) is 11.9 Å². The fraction of sp³-hybridized carbons (Fsp3) is 0.452. The molecule has 0 saturated carbocycles. The normalized spacial score (nSPS) is 15.5. The lowest BCUT2D eigenvalue weighted by atomic mass is 9.87. The molecule has 4 aromatic rings. The number of aromatic nitrogens is 6. The van der Waals surface area contributed by atoms with Gasteiger partial charge in [0.15, 0.2) is 0 Å². The number of hydrogen-bond donors (Lipinski definition) is 1. The smallest absolute Gasteiger partial charge is 0.410 e. The van der Waals surface area contributed by atoms with Gasteiger partial charge in [0.25, 0.3) is 5.89 Å². The predicted octanol–water partition coefficient (Wildman–Crippen LogP) is 5.80. The number of amides is 1. The van der Waals surface area contributed by atoms with Gasteiger partial charge in [-0.15, -0.1) is 10.2 Å². The average Bonchev–Trinajstić information content (AvgIpc) is 3.55. The number of anilines is 2. The Morgan fingerprint density at radius 2 is 1.91 bits per heavy atom. The summed E-state index contributed by atoms with van der Waals surface area (Å²) >= 11 is 0. The molecule has 0 radical (unpaired) electrons. The van der Waals surface area contributed by atoms with Crippen LogP contribution in [-0.4, -0.2) is 58.9 Å². The number of fused-ring (bicyclic) bond motifs is 1. The van der Waals surface area contributed by atoms with E-state index in [4.69, 9.17) is 14.1 Å². The first-order valence-corrected chi connectivity index (χ1v) is 14.3. The summed E-state index contributed by atoms with van der Waals surface area (Å²) in [6.45, 7) is 12.2. The van der Waals surface area contributed by atoms with Gasteiger partial charge < -0.3 is 19.4 Å². The Balaban J connectivity index is 1.45. The molecular weight excluding hydrogens is 548 g/mol. The molecule has 0 fully saturated rings. The zero-order chi connectivity index (χ0) is 30.9. The fourth-order valence-corrected chi connectivity index (χ4v) is 4.89. The van der Waals surface area contributed by atoms with E-state index in [1.807, 2.05) is 79.1 Å². The third-order valence-electron chi connectivity index (χ3n) is 6.99. The highest BCUT2D eigenvalue weighted by Crippen LogP contribution is 2.35. The second kappa shape index (κ2) is 11.6.